The van der Waals surface area contributed by atoms with E-state index >= 15 is 0 Å². The molecule has 2 heterocycles. The van der Waals surface area contributed by atoms with Crippen LogP contribution in [0.1, 0.15) is 11.1 Å². The SMILES string of the molecule is Cc1ccc(F)cc1-c1cn(Cc2cccnc2)c(=S)n1-c1ccc(Cl)cc1. The topological polar surface area (TPSA) is 22.8 Å². The van der Waals surface area contributed by atoms with Gasteiger partial charge in [-0.05, 0) is 72.7 Å². The lowest BCUT2D eigenvalue weighted by molar-refractivity contribution is 0.628. The van der Waals surface area contributed by atoms with E-state index in [-0.39, 0.29) is 5.82 Å². The van der Waals surface area contributed by atoms with Crippen molar-refractivity contribution in [3.05, 3.63) is 99.9 Å². The van der Waals surface area contributed by atoms with E-state index in [1.807, 2.05) is 64.8 Å². The number of hydrogen-bond donors (Lipinski definition) is 0. The van der Waals surface area contributed by atoms with Crippen LogP contribution in [-0.4, -0.2) is 14.1 Å². The molecule has 3 nitrogen and oxygen atoms in total. The lowest BCUT2D eigenvalue weighted by atomic mass is 10.1. The number of hydrogen-bond acceptors (Lipinski definition) is 2. The van der Waals surface area contributed by atoms with Gasteiger partial charge in [-0.15, -0.1) is 0 Å². The van der Waals surface area contributed by atoms with E-state index < -0.39 is 0 Å². The predicted octanol–water partition coefficient (Wildman–Crippen LogP) is 6.22. The molecule has 0 atom stereocenters. The number of pyridine rings is 1. The van der Waals surface area contributed by atoms with Crippen molar-refractivity contribution in [1.82, 2.24) is 14.1 Å². The predicted molar refractivity (Wildman–Crippen MR) is 113 cm³/mol. The van der Waals surface area contributed by atoms with Gasteiger partial charge >= 0.3 is 0 Å². The molecule has 140 valence electrons. The lowest BCUT2D eigenvalue weighted by Crippen LogP contribution is -2.02. The van der Waals surface area contributed by atoms with Crippen LogP contribution in [0.25, 0.3) is 16.9 Å². The van der Waals surface area contributed by atoms with Crippen LogP contribution in [0, 0.1) is 17.5 Å². The van der Waals surface area contributed by atoms with Gasteiger partial charge in [-0.2, -0.15) is 0 Å². The molecule has 0 aliphatic rings. The molecule has 6 heteroatoms. The summed E-state index contributed by atoms with van der Waals surface area (Å²) in [5, 5.41) is 0.647. The Morgan fingerprint density at radius 2 is 1.89 bits per heavy atom. The fraction of sp³-hybridized carbons (Fsp3) is 0.0909. The number of imidazole rings is 1. The fourth-order valence-corrected chi connectivity index (χ4v) is 3.64. The Hall–Kier alpha value is -2.76. The molecule has 0 bridgehead atoms. The standard InChI is InChI=1S/C22H17ClFN3S/c1-15-4-7-18(24)11-20(15)21-14-26(13-16-3-2-10-25-12-16)22(28)27(21)19-8-5-17(23)6-9-19/h2-12,14H,13H2,1H3. The van der Waals surface area contributed by atoms with Crippen molar-refractivity contribution in [1.29, 1.82) is 0 Å². The summed E-state index contributed by atoms with van der Waals surface area (Å²) in [5.41, 5.74) is 4.50. The summed E-state index contributed by atoms with van der Waals surface area (Å²) in [4.78, 5) is 4.17. The normalized spacial score (nSPS) is 11.0. The van der Waals surface area contributed by atoms with Crippen LogP contribution in [0.15, 0.2) is 73.2 Å². The van der Waals surface area contributed by atoms with Gasteiger partial charge in [0.2, 0.25) is 0 Å². The summed E-state index contributed by atoms with van der Waals surface area (Å²) in [6, 6.07) is 16.1. The Morgan fingerprint density at radius 1 is 1.11 bits per heavy atom. The molecule has 0 amide bonds. The van der Waals surface area contributed by atoms with Gasteiger partial charge in [-0.1, -0.05) is 23.7 Å². The summed E-state index contributed by atoms with van der Waals surface area (Å²) in [5.74, 6) is -0.283. The maximum Gasteiger partial charge on any atom is 0.185 e. The Labute approximate surface area is 172 Å². The second-order valence-electron chi connectivity index (χ2n) is 6.56. The molecule has 2 aromatic heterocycles. The monoisotopic (exact) mass is 409 g/mol. The number of rotatable bonds is 4. The molecule has 0 spiro atoms. The Bertz CT molecular complexity index is 1180. The van der Waals surface area contributed by atoms with Crippen molar-refractivity contribution in [2.45, 2.75) is 13.5 Å². The van der Waals surface area contributed by atoms with E-state index in [9.17, 15) is 4.39 Å². The number of aryl methyl sites for hydroxylation is 1. The number of benzene rings is 2. The minimum absolute atomic E-state index is 0.283. The Balaban J connectivity index is 1.93. The van der Waals surface area contributed by atoms with Gasteiger partial charge in [0.05, 0.1) is 12.2 Å². The number of halogens is 2. The minimum atomic E-state index is -0.283. The molecule has 2 aromatic carbocycles. The van der Waals surface area contributed by atoms with Crippen LogP contribution in [0.4, 0.5) is 4.39 Å². The third kappa shape index (κ3) is 3.63. The van der Waals surface area contributed by atoms with E-state index in [0.717, 1.165) is 28.1 Å². The molecular formula is C22H17ClFN3S. The third-order valence-electron chi connectivity index (χ3n) is 4.59. The maximum atomic E-state index is 14.0. The first kappa shape index (κ1) is 18.6. The maximum absolute atomic E-state index is 14.0. The highest BCUT2D eigenvalue weighted by molar-refractivity contribution is 7.71. The first-order chi connectivity index (χ1) is 13.5. The van der Waals surface area contributed by atoms with Crippen molar-refractivity contribution in [3.63, 3.8) is 0 Å². The van der Waals surface area contributed by atoms with Crippen LogP contribution in [0.3, 0.4) is 0 Å². The van der Waals surface area contributed by atoms with E-state index in [4.69, 9.17) is 23.8 Å². The molecule has 0 fully saturated rings. The van der Waals surface area contributed by atoms with Gasteiger partial charge in [0.1, 0.15) is 5.82 Å². The van der Waals surface area contributed by atoms with Crippen LogP contribution >= 0.6 is 23.8 Å². The van der Waals surface area contributed by atoms with Crippen LogP contribution in [-0.2, 0) is 6.54 Å². The van der Waals surface area contributed by atoms with E-state index in [0.29, 0.717) is 16.3 Å². The van der Waals surface area contributed by atoms with Gasteiger partial charge in [-0.3, -0.25) is 9.55 Å². The molecule has 0 saturated carbocycles. The van der Waals surface area contributed by atoms with Crippen molar-refractivity contribution in [2.24, 2.45) is 0 Å². The molecule has 0 N–H and O–H groups in total. The average Bonchev–Trinajstić information content (AvgIpc) is 3.01. The van der Waals surface area contributed by atoms with E-state index in [1.165, 1.54) is 6.07 Å². The smallest absolute Gasteiger partial charge is 0.185 e. The largest absolute Gasteiger partial charge is 0.318 e. The van der Waals surface area contributed by atoms with Crippen LogP contribution in [0.2, 0.25) is 5.02 Å². The molecule has 0 unspecified atom stereocenters. The Kier molecular flexibility index (Phi) is 5.11. The highest BCUT2D eigenvalue weighted by Gasteiger charge is 2.15. The first-order valence-electron chi connectivity index (χ1n) is 8.76. The summed E-state index contributed by atoms with van der Waals surface area (Å²) < 4.78 is 18.5. The molecule has 28 heavy (non-hydrogen) atoms. The summed E-state index contributed by atoms with van der Waals surface area (Å²) >= 11 is 11.8. The second kappa shape index (κ2) is 7.70. The van der Waals surface area contributed by atoms with Crippen molar-refractivity contribution < 1.29 is 4.39 Å². The van der Waals surface area contributed by atoms with E-state index in [2.05, 4.69) is 4.98 Å². The first-order valence-corrected chi connectivity index (χ1v) is 9.55. The third-order valence-corrected chi connectivity index (χ3v) is 5.26. The number of nitrogens with zero attached hydrogens (tertiary/aromatic N) is 3. The fourth-order valence-electron chi connectivity index (χ4n) is 3.19. The average molecular weight is 410 g/mol. The Morgan fingerprint density at radius 3 is 2.61 bits per heavy atom. The van der Waals surface area contributed by atoms with Crippen molar-refractivity contribution in [3.8, 4) is 16.9 Å². The summed E-state index contributed by atoms with van der Waals surface area (Å²) in [6.45, 7) is 2.54. The van der Waals surface area contributed by atoms with Gasteiger partial charge in [0.25, 0.3) is 0 Å². The van der Waals surface area contributed by atoms with Crippen molar-refractivity contribution in [2.75, 3.05) is 0 Å². The molecule has 0 saturated heterocycles. The lowest BCUT2D eigenvalue weighted by Gasteiger charge is -2.11. The molecule has 4 rings (SSSR count). The van der Waals surface area contributed by atoms with Gasteiger partial charge < -0.3 is 4.57 Å². The number of aromatic nitrogens is 3. The zero-order valence-electron chi connectivity index (χ0n) is 15.1. The molecular weight excluding hydrogens is 393 g/mol. The second-order valence-corrected chi connectivity index (χ2v) is 7.36. The molecule has 0 aliphatic heterocycles. The molecule has 4 aromatic rings. The minimum Gasteiger partial charge on any atom is -0.318 e. The zero-order chi connectivity index (χ0) is 19.7. The zero-order valence-corrected chi connectivity index (χ0v) is 16.7. The van der Waals surface area contributed by atoms with Crippen LogP contribution in [0.5, 0.6) is 0 Å². The summed E-state index contributed by atoms with van der Waals surface area (Å²) in [6.07, 6.45) is 5.52. The molecule has 0 radical (unpaired) electrons. The highest BCUT2D eigenvalue weighted by Crippen LogP contribution is 2.29. The summed E-state index contributed by atoms with van der Waals surface area (Å²) in [7, 11) is 0. The molecule has 0 aliphatic carbocycles. The quantitative estimate of drug-likeness (QED) is 0.373. The van der Waals surface area contributed by atoms with Gasteiger partial charge in [0, 0.05) is 34.9 Å². The van der Waals surface area contributed by atoms with Gasteiger partial charge in [-0.25, -0.2) is 4.39 Å². The van der Waals surface area contributed by atoms with Crippen LogP contribution < -0.4 is 0 Å². The van der Waals surface area contributed by atoms with E-state index in [1.54, 1.807) is 18.3 Å². The highest BCUT2D eigenvalue weighted by atomic mass is 35.5. The van der Waals surface area contributed by atoms with Crippen molar-refractivity contribution >= 4 is 23.8 Å². The van der Waals surface area contributed by atoms with Gasteiger partial charge in [0.15, 0.2) is 4.77 Å².